The summed E-state index contributed by atoms with van der Waals surface area (Å²) in [6, 6.07) is 4.70. The van der Waals surface area contributed by atoms with Crippen LogP contribution in [-0.2, 0) is 11.0 Å². The highest BCUT2D eigenvalue weighted by Gasteiger charge is 2.31. The molecule has 0 heterocycles. The number of rotatable bonds is 3. The van der Waals surface area contributed by atoms with E-state index >= 15 is 0 Å². The van der Waals surface area contributed by atoms with E-state index in [1.807, 2.05) is 0 Å². The molecule has 0 bridgehead atoms. The zero-order valence-electron chi connectivity index (χ0n) is 11.3. The second kappa shape index (κ2) is 5.85. The maximum absolute atomic E-state index is 12.7. The minimum Gasteiger partial charge on any atom is -0.349 e. The number of benzene rings is 1. The molecule has 0 spiro atoms. The molecule has 110 valence electrons. The van der Waals surface area contributed by atoms with Crippen molar-refractivity contribution < 1.29 is 18.0 Å². The number of nitrogens with one attached hydrogen (secondary N) is 1. The van der Waals surface area contributed by atoms with Crippen molar-refractivity contribution in [3.63, 3.8) is 0 Å². The lowest BCUT2D eigenvalue weighted by atomic mass is 10.0. The number of carbonyl (C=O) groups is 1. The second-order valence-electron chi connectivity index (χ2n) is 5.33. The van der Waals surface area contributed by atoms with Crippen molar-refractivity contribution in [2.45, 2.75) is 44.8 Å². The first-order valence-electron chi connectivity index (χ1n) is 6.85. The molecule has 1 aliphatic rings. The molecule has 2 rings (SSSR count). The molecule has 1 amide bonds. The molecule has 1 atom stereocenters. The molecule has 1 aromatic rings. The van der Waals surface area contributed by atoms with E-state index in [1.165, 1.54) is 6.07 Å². The lowest BCUT2D eigenvalue weighted by Gasteiger charge is -2.18. The summed E-state index contributed by atoms with van der Waals surface area (Å²) in [6.07, 6.45) is -0.500. The zero-order chi connectivity index (χ0) is 14.8. The molecule has 1 aromatic carbocycles. The predicted molar refractivity (Wildman–Crippen MR) is 70.0 cm³/mol. The summed E-state index contributed by atoms with van der Waals surface area (Å²) in [5.74, 6) is -0.0318. The molecule has 1 unspecified atom stereocenters. The van der Waals surface area contributed by atoms with Gasteiger partial charge < -0.3 is 5.32 Å². The Labute approximate surface area is 116 Å². The standard InChI is InChI=1S/C15H18F3NO/c1-10(19-14(20)11-5-2-3-6-11)12-7-4-8-13(9-12)15(16,17)18/h4,7-11H,2-3,5-6H2,1H3,(H,19,20). The highest BCUT2D eigenvalue weighted by Crippen LogP contribution is 2.31. The van der Waals surface area contributed by atoms with Crippen molar-refractivity contribution in [1.29, 1.82) is 0 Å². The Morgan fingerprint density at radius 1 is 1.30 bits per heavy atom. The Hall–Kier alpha value is -1.52. The van der Waals surface area contributed by atoms with E-state index in [9.17, 15) is 18.0 Å². The van der Waals surface area contributed by atoms with Crippen LogP contribution in [-0.4, -0.2) is 5.91 Å². The minimum absolute atomic E-state index is 0.0169. The summed E-state index contributed by atoms with van der Waals surface area (Å²) in [7, 11) is 0. The molecular formula is C15H18F3NO. The van der Waals surface area contributed by atoms with Crippen LogP contribution in [0, 0.1) is 5.92 Å². The van der Waals surface area contributed by atoms with Gasteiger partial charge in [0.25, 0.3) is 0 Å². The van der Waals surface area contributed by atoms with Crippen molar-refractivity contribution in [3.8, 4) is 0 Å². The number of hydrogen-bond acceptors (Lipinski definition) is 1. The van der Waals surface area contributed by atoms with Gasteiger partial charge in [0.15, 0.2) is 0 Å². The SMILES string of the molecule is CC(NC(=O)C1CCCC1)c1cccc(C(F)(F)F)c1. The van der Waals surface area contributed by atoms with Crippen molar-refractivity contribution >= 4 is 5.91 Å². The fraction of sp³-hybridized carbons (Fsp3) is 0.533. The molecule has 1 fully saturated rings. The average Bonchev–Trinajstić information content (AvgIpc) is 2.91. The Kier molecular flexibility index (Phi) is 4.35. The van der Waals surface area contributed by atoms with Crippen LogP contribution in [0.2, 0.25) is 0 Å². The first-order chi connectivity index (χ1) is 9.38. The Morgan fingerprint density at radius 3 is 2.55 bits per heavy atom. The van der Waals surface area contributed by atoms with Gasteiger partial charge in [-0.3, -0.25) is 4.79 Å². The summed E-state index contributed by atoms with van der Waals surface area (Å²) in [4.78, 5) is 12.0. The third-order valence-electron chi connectivity index (χ3n) is 3.80. The number of amides is 1. The van der Waals surface area contributed by atoms with Crippen LogP contribution in [0.15, 0.2) is 24.3 Å². The summed E-state index contributed by atoms with van der Waals surface area (Å²) >= 11 is 0. The van der Waals surface area contributed by atoms with Gasteiger partial charge in [-0.15, -0.1) is 0 Å². The van der Waals surface area contributed by atoms with E-state index in [4.69, 9.17) is 0 Å². The molecule has 0 aromatic heterocycles. The highest BCUT2D eigenvalue weighted by molar-refractivity contribution is 5.79. The summed E-state index contributed by atoms with van der Waals surface area (Å²) in [5, 5.41) is 2.81. The fourth-order valence-corrected chi connectivity index (χ4v) is 2.59. The van der Waals surface area contributed by atoms with Crippen LogP contribution in [0.5, 0.6) is 0 Å². The Morgan fingerprint density at radius 2 is 1.95 bits per heavy atom. The molecule has 1 saturated carbocycles. The van der Waals surface area contributed by atoms with Crippen molar-refractivity contribution in [3.05, 3.63) is 35.4 Å². The van der Waals surface area contributed by atoms with Crippen molar-refractivity contribution in [1.82, 2.24) is 5.32 Å². The summed E-state index contributed by atoms with van der Waals surface area (Å²) in [5.41, 5.74) is -0.205. The van der Waals surface area contributed by atoms with E-state index in [0.717, 1.165) is 37.8 Å². The second-order valence-corrected chi connectivity index (χ2v) is 5.33. The molecule has 0 saturated heterocycles. The molecular weight excluding hydrogens is 267 g/mol. The largest absolute Gasteiger partial charge is 0.416 e. The molecule has 1 N–H and O–H groups in total. The van der Waals surface area contributed by atoms with Crippen LogP contribution >= 0.6 is 0 Å². The van der Waals surface area contributed by atoms with Crippen molar-refractivity contribution in [2.24, 2.45) is 5.92 Å². The number of halogens is 3. The average molecular weight is 285 g/mol. The minimum atomic E-state index is -4.36. The third-order valence-corrected chi connectivity index (χ3v) is 3.80. The normalized spacial score (nSPS) is 18.0. The van der Waals surface area contributed by atoms with Gasteiger partial charge in [-0.05, 0) is 37.5 Å². The van der Waals surface area contributed by atoms with Gasteiger partial charge in [0, 0.05) is 5.92 Å². The maximum Gasteiger partial charge on any atom is 0.416 e. The van der Waals surface area contributed by atoms with E-state index in [-0.39, 0.29) is 11.8 Å². The number of carbonyl (C=O) groups excluding carboxylic acids is 1. The predicted octanol–water partition coefficient (Wildman–Crippen LogP) is 4.07. The van der Waals surface area contributed by atoms with Crippen LogP contribution < -0.4 is 5.32 Å². The van der Waals surface area contributed by atoms with Crippen molar-refractivity contribution in [2.75, 3.05) is 0 Å². The quantitative estimate of drug-likeness (QED) is 0.891. The Bertz CT molecular complexity index is 478. The highest BCUT2D eigenvalue weighted by atomic mass is 19.4. The fourth-order valence-electron chi connectivity index (χ4n) is 2.59. The topological polar surface area (TPSA) is 29.1 Å². The van der Waals surface area contributed by atoms with Gasteiger partial charge in [-0.2, -0.15) is 13.2 Å². The van der Waals surface area contributed by atoms with Crippen LogP contribution in [0.3, 0.4) is 0 Å². The van der Waals surface area contributed by atoms with E-state index < -0.39 is 17.8 Å². The molecule has 0 aliphatic heterocycles. The number of alkyl halides is 3. The lowest BCUT2D eigenvalue weighted by molar-refractivity contribution is -0.137. The smallest absolute Gasteiger partial charge is 0.349 e. The molecule has 2 nitrogen and oxygen atoms in total. The molecule has 1 aliphatic carbocycles. The summed E-state index contributed by atoms with van der Waals surface area (Å²) in [6.45, 7) is 1.71. The molecule has 5 heteroatoms. The van der Waals surface area contributed by atoms with Gasteiger partial charge >= 0.3 is 6.18 Å². The third kappa shape index (κ3) is 3.52. The first kappa shape index (κ1) is 14.9. The van der Waals surface area contributed by atoms with Gasteiger partial charge in [-0.25, -0.2) is 0 Å². The Balaban J connectivity index is 2.05. The number of hydrogen-bond donors (Lipinski definition) is 1. The lowest BCUT2D eigenvalue weighted by Crippen LogP contribution is -2.31. The monoisotopic (exact) mass is 285 g/mol. The van der Waals surface area contributed by atoms with E-state index in [1.54, 1.807) is 13.0 Å². The molecule has 20 heavy (non-hydrogen) atoms. The van der Waals surface area contributed by atoms with Gasteiger partial charge in [0.2, 0.25) is 5.91 Å². The zero-order valence-corrected chi connectivity index (χ0v) is 11.3. The summed E-state index contributed by atoms with van der Waals surface area (Å²) < 4.78 is 38.0. The van der Waals surface area contributed by atoms with Crippen LogP contribution in [0.4, 0.5) is 13.2 Å². The van der Waals surface area contributed by atoms with Gasteiger partial charge in [-0.1, -0.05) is 25.0 Å². The van der Waals surface area contributed by atoms with Crippen LogP contribution in [0.25, 0.3) is 0 Å². The maximum atomic E-state index is 12.7. The van der Waals surface area contributed by atoms with Crippen LogP contribution in [0.1, 0.15) is 49.8 Å². The van der Waals surface area contributed by atoms with Gasteiger partial charge in [0.1, 0.15) is 0 Å². The van der Waals surface area contributed by atoms with E-state index in [0.29, 0.717) is 5.56 Å². The van der Waals surface area contributed by atoms with E-state index in [2.05, 4.69) is 5.32 Å². The van der Waals surface area contributed by atoms with Gasteiger partial charge in [0.05, 0.1) is 11.6 Å². The molecule has 0 radical (unpaired) electrons. The first-order valence-corrected chi connectivity index (χ1v) is 6.85.